The number of ether oxygens (including phenoxy) is 1. The van der Waals surface area contributed by atoms with Gasteiger partial charge in [-0.15, -0.1) is 0 Å². The van der Waals surface area contributed by atoms with Crippen LogP contribution in [0.5, 0.6) is 0 Å². The summed E-state index contributed by atoms with van der Waals surface area (Å²) in [6, 6.07) is 0. The average molecular weight is 192 g/mol. The van der Waals surface area contributed by atoms with Gasteiger partial charge in [0.2, 0.25) is 0 Å². The van der Waals surface area contributed by atoms with E-state index in [2.05, 4.69) is 5.87 Å². The summed E-state index contributed by atoms with van der Waals surface area (Å²) in [4.78, 5) is 0. The van der Waals surface area contributed by atoms with Crippen molar-refractivity contribution in [2.75, 3.05) is 38.6 Å². The van der Waals surface area contributed by atoms with E-state index in [1.54, 1.807) is 0 Å². The third-order valence-electron chi connectivity index (χ3n) is 1.88. The monoisotopic (exact) mass is 192 g/mol. The van der Waals surface area contributed by atoms with Crippen LogP contribution in [-0.2, 0) is 14.4 Å². The summed E-state index contributed by atoms with van der Waals surface area (Å²) < 4.78 is 18.8. The van der Waals surface area contributed by atoms with E-state index in [1.165, 1.54) is 0 Å². The van der Waals surface area contributed by atoms with Crippen molar-refractivity contribution in [2.45, 2.75) is 0 Å². The Morgan fingerprint density at radius 1 is 1.50 bits per heavy atom. The number of nitrogens with zero attached hydrogens (tertiary/aromatic N) is 1. The van der Waals surface area contributed by atoms with Gasteiger partial charge in [-0.05, 0) is 5.87 Å². The fourth-order valence-electron chi connectivity index (χ4n) is 1.19. The van der Waals surface area contributed by atoms with E-state index in [4.69, 9.17) is 10.5 Å². The van der Waals surface area contributed by atoms with E-state index < -0.39 is 9.71 Å². The lowest BCUT2D eigenvalue weighted by molar-refractivity contribution is 0.0749. The van der Waals surface area contributed by atoms with Gasteiger partial charge >= 0.3 is 0 Å². The minimum atomic E-state index is -2.11. The van der Waals surface area contributed by atoms with Gasteiger partial charge in [-0.25, -0.2) is 4.31 Å². The van der Waals surface area contributed by atoms with E-state index in [1.807, 2.05) is 4.31 Å². The molecule has 1 saturated heterocycles. The highest BCUT2D eigenvalue weighted by Crippen LogP contribution is 2.04. The predicted molar refractivity (Wildman–Crippen MR) is 51.6 cm³/mol. The van der Waals surface area contributed by atoms with Crippen LogP contribution in [0.2, 0.25) is 0 Å². The maximum Gasteiger partial charge on any atom is 0.0604 e. The van der Waals surface area contributed by atoms with Gasteiger partial charge in [-0.1, -0.05) is 0 Å². The van der Waals surface area contributed by atoms with E-state index in [9.17, 15) is 4.21 Å². The summed E-state index contributed by atoms with van der Waals surface area (Å²) >= 11 is 0. The van der Waals surface area contributed by atoms with Crippen LogP contribution < -0.4 is 5.73 Å². The highest BCUT2D eigenvalue weighted by molar-refractivity contribution is 7.98. The van der Waals surface area contributed by atoms with E-state index in [0.717, 1.165) is 0 Å². The highest BCUT2D eigenvalue weighted by atomic mass is 32.2. The quantitative estimate of drug-likeness (QED) is 0.578. The molecule has 4 nitrogen and oxygen atoms in total. The molecule has 1 aliphatic rings. The highest BCUT2D eigenvalue weighted by Gasteiger charge is 2.17. The van der Waals surface area contributed by atoms with Crippen LogP contribution in [0.25, 0.3) is 0 Å². The molecule has 1 atom stereocenters. The van der Waals surface area contributed by atoms with E-state index in [-0.39, 0.29) is 0 Å². The first kappa shape index (κ1) is 9.98. The zero-order valence-electron chi connectivity index (χ0n) is 7.20. The largest absolute Gasteiger partial charge is 0.379 e. The molecule has 2 N–H and O–H groups in total. The maximum absolute atomic E-state index is 11.8. The molecule has 1 unspecified atom stereocenters. The molecule has 1 rings (SSSR count). The van der Waals surface area contributed by atoms with Crippen LogP contribution in [0.3, 0.4) is 0 Å². The van der Waals surface area contributed by atoms with Gasteiger partial charge in [-0.3, -0.25) is 4.21 Å². The Kier molecular flexibility index (Phi) is 3.52. The number of morpholine rings is 1. The van der Waals surface area contributed by atoms with Crippen molar-refractivity contribution >= 4 is 15.6 Å². The topological polar surface area (TPSA) is 55.6 Å². The molecular formula is C7H16N2O2S. The van der Waals surface area contributed by atoms with E-state index >= 15 is 0 Å². The van der Waals surface area contributed by atoms with Gasteiger partial charge in [0.25, 0.3) is 0 Å². The third-order valence-corrected chi connectivity index (χ3v) is 4.06. The zero-order valence-corrected chi connectivity index (χ0v) is 8.02. The van der Waals surface area contributed by atoms with Crippen LogP contribution in [0.1, 0.15) is 0 Å². The summed E-state index contributed by atoms with van der Waals surface area (Å²) in [5, 5.41) is 0. The summed E-state index contributed by atoms with van der Waals surface area (Å²) in [6.07, 6.45) is 0. The molecule has 0 aliphatic carbocycles. The van der Waals surface area contributed by atoms with Crippen molar-refractivity contribution < 1.29 is 8.95 Å². The van der Waals surface area contributed by atoms with Crippen LogP contribution in [0.4, 0.5) is 0 Å². The van der Waals surface area contributed by atoms with E-state index in [0.29, 0.717) is 38.6 Å². The second-order valence-electron chi connectivity index (χ2n) is 2.81. The molecule has 1 aliphatic heterocycles. The molecule has 5 heteroatoms. The number of hydrogen-bond acceptors (Lipinski definition) is 3. The van der Waals surface area contributed by atoms with Crippen LogP contribution >= 0.6 is 0 Å². The zero-order chi connectivity index (χ0) is 9.03. The maximum atomic E-state index is 11.8. The number of nitrogens with two attached hydrogens (primary N) is 1. The van der Waals surface area contributed by atoms with Crippen molar-refractivity contribution in [3.8, 4) is 0 Å². The van der Waals surface area contributed by atoms with Gasteiger partial charge in [0.05, 0.1) is 13.2 Å². The molecule has 12 heavy (non-hydrogen) atoms. The first-order valence-electron chi connectivity index (χ1n) is 4.04. The van der Waals surface area contributed by atoms with Crippen LogP contribution in [0, 0.1) is 0 Å². The Morgan fingerprint density at radius 3 is 2.58 bits per heavy atom. The number of rotatable bonds is 3. The van der Waals surface area contributed by atoms with Crippen LogP contribution in [0.15, 0.2) is 0 Å². The molecule has 0 saturated carbocycles. The van der Waals surface area contributed by atoms with Crippen molar-refractivity contribution in [1.82, 2.24) is 4.31 Å². The van der Waals surface area contributed by atoms with Crippen molar-refractivity contribution in [1.29, 1.82) is 0 Å². The molecule has 0 aromatic rings. The lowest BCUT2D eigenvalue weighted by atomic mass is 10.5. The Labute approximate surface area is 73.8 Å². The van der Waals surface area contributed by atoms with Gasteiger partial charge in [0, 0.05) is 35.1 Å². The minimum Gasteiger partial charge on any atom is -0.379 e. The fourth-order valence-corrected chi connectivity index (χ4v) is 2.63. The smallest absolute Gasteiger partial charge is 0.0604 e. The first-order valence-corrected chi connectivity index (χ1v) is 5.90. The SMILES string of the molecule is C=S(=O)(CCN)N1CCOCC1. The molecule has 0 bridgehead atoms. The molecule has 0 radical (unpaired) electrons. The molecule has 0 aromatic carbocycles. The molecule has 0 amide bonds. The van der Waals surface area contributed by atoms with Gasteiger partial charge in [0.1, 0.15) is 0 Å². The lowest BCUT2D eigenvalue weighted by Gasteiger charge is -2.29. The van der Waals surface area contributed by atoms with Crippen molar-refractivity contribution in [2.24, 2.45) is 5.73 Å². The lowest BCUT2D eigenvalue weighted by Crippen LogP contribution is -2.42. The Morgan fingerprint density at radius 2 is 2.08 bits per heavy atom. The molecule has 72 valence electrons. The van der Waals surface area contributed by atoms with Gasteiger partial charge in [-0.2, -0.15) is 0 Å². The summed E-state index contributed by atoms with van der Waals surface area (Å²) in [5.41, 5.74) is 5.34. The summed E-state index contributed by atoms with van der Waals surface area (Å²) in [7, 11) is -2.11. The Balaban J connectivity index is 2.54. The number of hydrogen-bond donors (Lipinski definition) is 1. The second-order valence-corrected chi connectivity index (χ2v) is 5.28. The summed E-state index contributed by atoms with van der Waals surface area (Å²) in [6.45, 7) is 3.15. The standard InChI is InChI=1S/C7H16N2O2S/c1-12(10,7-2-8)9-3-5-11-6-4-9/h1-8H2. The predicted octanol–water partition coefficient (Wildman–Crippen LogP) is -1.09. The normalized spacial score (nSPS) is 25.1. The molecule has 0 spiro atoms. The van der Waals surface area contributed by atoms with Crippen molar-refractivity contribution in [3.63, 3.8) is 0 Å². The minimum absolute atomic E-state index is 0.430. The molecular weight excluding hydrogens is 176 g/mol. The fraction of sp³-hybridized carbons (Fsp3) is 0.857. The van der Waals surface area contributed by atoms with Gasteiger partial charge < -0.3 is 10.5 Å². The third kappa shape index (κ3) is 2.45. The molecule has 1 heterocycles. The Bertz CT molecular complexity index is 220. The first-order chi connectivity index (χ1) is 5.67. The van der Waals surface area contributed by atoms with Crippen LogP contribution in [-0.4, -0.2) is 53.0 Å². The molecule has 0 aromatic heterocycles. The second kappa shape index (κ2) is 4.23. The van der Waals surface area contributed by atoms with Crippen molar-refractivity contribution in [3.05, 3.63) is 0 Å². The summed E-state index contributed by atoms with van der Waals surface area (Å²) in [5.74, 6) is 4.18. The van der Waals surface area contributed by atoms with Gasteiger partial charge in [0.15, 0.2) is 0 Å². The molecule has 1 fully saturated rings. The Hall–Kier alpha value is -0.100. The average Bonchev–Trinajstić information content (AvgIpc) is 2.06.